The molecule has 0 bridgehead atoms. The fourth-order valence-electron chi connectivity index (χ4n) is 1.92. The fourth-order valence-corrected chi connectivity index (χ4v) is 1.92. The Morgan fingerprint density at radius 1 is 1.05 bits per heavy atom. The van der Waals surface area contributed by atoms with Gasteiger partial charge >= 0.3 is 0 Å². The first kappa shape index (κ1) is 15.0. The van der Waals surface area contributed by atoms with E-state index in [-0.39, 0.29) is 11.4 Å². The minimum absolute atomic E-state index is 0.0123. The van der Waals surface area contributed by atoms with Crippen molar-refractivity contribution < 1.29 is 4.79 Å². The Hall–Kier alpha value is -3.37. The number of hydrogen-bond acceptors (Lipinski definition) is 4. The van der Waals surface area contributed by atoms with E-state index < -0.39 is 0 Å². The van der Waals surface area contributed by atoms with E-state index in [0.717, 1.165) is 16.8 Å². The van der Waals surface area contributed by atoms with E-state index in [0.29, 0.717) is 5.56 Å². The number of anilines is 1. The number of hydrogen-bond donors (Lipinski definition) is 1. The van der Waals surface area contributed by atoms with E-state index in [1.165, 1.54) is 6.20 Å². The number of allylic oxidation sites excluding steroid dienone is 1. The predicted octanol–water partition coefficient (Wildman–Crippen LogP) is 3.90. The molecule has 0 radical (unpaired) electrons. The fraction of sp³-hybridized carbons (Fsp3) is 0.0556. The Kier molecular flexibility index (Phi) is 4.70. The van der Waals surface area contributed by atoms with Gasteiger partial charge in [-0.3, -0.25) is 4.79 Å². The minimum Gasteiger partial charge on any atom is -0.360 e. The van der Waals surface area contributed by atoms with E-state index in [4.69, 9.17) is 10.5 Å². The van der Waals surface area contributed by atoms with E-state index in [9.17, 15) is 4.79 Å². The summed E-state index contributed by atoms with van der Waals surface area (Å²) in [5, 5.41) is 20.2. The maximum Gasteiger partial charge on any atom is 0.159 e. The maximum atomic E-state index is 11.4. The van der Waals surface area contributed by atoms with Gasteiger partial charge in [0.25, 0.3) is 0 Å². The summed E-state index contributed by atoms with van der Waals surface area (Å²) < 4.78 is 0. The van der Waals surface area contributed by atoms with Gasteiger partial charge in [-0.15, -0.1) is 0 Å². The molecule has 0 aromatic heterocycles. The van der Waals surface area contributed by atoms with E-state index in [1.807, 2.05) is 42.5 Å². The molecular formula is C18H13N3O. The Bertz CT molecular complexity index is 789. The highest BCUT2D eigenvalue weighted by atomic mass is 16.1. The summed E-state index contributed by atoms with van der Waals surface area (Å²) in [6, 6.07) is 18.5. The molecule has 0 atom stereocenters. The van der Waals surface area contributed by atoms with Crippen LogP contribution in [0.3, 0.4) is 0 Å². The lowest BCUT2D eigenvalue weighted by Crippen LogP contribution is -1.92. The van der Waals surface area contributed by atoms with Crippen molar-refractivity contribution in [3.8, 4) is 23.3 Å². The Morgan fingerprint density at radius 3 is 2.32 bits per heavy atom. The van der Waals surface area contributed by atoms with Gasteiger partial charge in [-0.05, 0) is 36.2 Å². The average Bonchev–Trinajstić information content (AvgIpc) is 2.56. The molecule has 0 aliphatic carbocycles. The van der Waals surface area contributed by atoms with Crippen LogP contribution in [0.25, 0.3) is 11.1 Å². The number of Topliss-reactive ketones (excluding diaryl/α,β-unsaturated/α-hetero) is 1. The monoisotopic (exact) mass is 287 g/mol. The van der Waals surface area contributed by atoms with Crippen LogP contribution < -0.4 is 5.32 Å². The molecular weight excluding hydrogens is 274 g/mol. The van der Waals surface area contributed by atoms with Crippen LogP contribution in [0.2, 0.25) is 0 Å². The zero-order chi connectivity index (χ0) is 15.9. The van der Waals surface area contributed by atoms with E-state index in [1.54, 1.807) is 25.1 Å². The molecule has 0 heterocycles. The largest absolute Gasteiger partial charge is 0.360 e. The van der Waals surface area contributed by atoms with Gasteiger partial charge in [-0.2, -0.15) is 10.5 Å². The molecule has 2 aromatic carbocycles. The van der Waals surface area contributed by atoms with Gasteiger partial charge in [0.15, 0.2) is 5.78 Å². The number of rotatable bonds is 4. The van der Waals surface area contributed by atoms with Gasteiger partial charge in [0.1, 0.15) is 17.7 Å². The summed E-state index contributed by atoms with van der Waals surface area (Å²) in [6.07, 6.45) is 1.37. The van der Waals surface area contributed by atoms with Crippen molar-refractivity contribution in [2.45, 2.75) is 6.92 Å². The molecule has 22 heavy (non-hydrogen) atoms. The van der Waals surface area contributed by atoms with Crippen molar-refractivity contribution in [1.29, 1.82) is 10.5 Å². The summed E-state index contributed by atoms with van der Waals surface area (Å²) in [6.45, 7) is 1.54. The molecule has 106 valence electrons. The third-order valence-electron chi connectivity index (χ3n) is 3.11. The summed E-state index contributed by atoms with van der Waals surface area (Å²) in [4.78, 5) is 11.4. The van der Waals surface area contributed by atoms with Crippen LogP contribution in [0.15, 0.2) is 60.3 Å². The Labute approximate surface area is 128 Å². The highest BCUT2D eigenvalue weighted by molar-refractivity contribution is 5.95. The highest BCUT2D eigenvalue weighted by Crippen LogP contribution is 2.22. The van der Waals surface area contributed by atoms with Gasteiger partial charge in [-0.25, -0.2) is 0 Å². The number of carbonyl (C=O) groups is 1. The average molecular weight is 287 g/mol. The Balaban J connectivity index is 2.21. The van der Waals surface area contributed by atoms with E-state index >= 15 is 0 Å². The molecule has 2 rings (SSSR count). The van der Waals surface area contributed by atoms with Gasteiger partial charge in [-0.1, -0.05) is 30.3 Å². The molecule has 1 N–H and O–H groups in total. The summed E-state index contributed by atoms with van der Waals surface area (Å²) in [5.41, 5.74) is 3.41. The lowest BCUT2D eigenvalue weighted by atomic mass is 10.0. The smallest absolute Gasteiger partial charge is 0.159 e. The van der Waals surface area contributed by atoms with Crippen molar-refractivity contribution in [2.24, 2.45) is 0 Å². The summed E-state index contributed by atoms with van der Waals surface area (Å²) in [7, 11) is 0. The van der Waals surface area contributed by atoms with Crippen LogP contribution in [0.1, 0.15) is 17.3 Å². The molecule has 0 spiro atoms. The van der Waals surface area contributed by atoms with Crippen molar-refractivity contribution in [3.05, 3.63) is 65.9 Å². The maximum absolute atomic E-state index is 11.4. The summed E-state index contributed by atoms with van der Waals surface area (Å²) in [5.74, 6) is 0.0332. The summed E-state index contributed by atoms with van der Waals surface area (Å²) >= 11 is 0. The van der Waals surface area contributed by atoms with Crippen molar-refractivity contribution in [1.82, 2.24) is 0 Å². The van der Waals surface area contributed by atoms with Gasteiger partial charge in [0.05, 0.1) is 0 Å². The lowest BCUT2D eigenvalue weighted by molar-refractivity contribution is 0.101. The van der Waals surface area contributed by atoms with Crippen molar-refractivity contribution in [3.63, 3.8) is 0 Å². The zero-order valence-electron chi connectivity index (χ0n) is 12.0. The number of ketones is 1. The number of nitrogens with zero attached hydrogens (tertiary/aromatic N) is 2. The Morgan fingerprint density at radius 2 is 1.73 bits per heavy atom. The quantitative estimate of drug-likeness (QED) is 0.683. The normalized spacial score (nSPS) is 9.23. The van der Waals surface area contributed by atoms with Crippen LogP contribution in [0.5, 0.6) is 0 Å². The molecule has 0 saturated carbocycles. The first-order valence-corrected chi connectivity index (χ1v) is 6.62. The SMILES string of the molecule is CC(=O)c1cccc(-c2ccc(NC=C(C#N)C#N)cc2)c1. The van der Waals surface area contributed by atoms with Crippen molar-refractivity contribution in [2.75, 3.05) is 5.32 Å². The third-order valence-corrected chi connectivity index (χ3v) is 3.11. The first-order valence-electron chi connectivity index (χ1n) is 6.62. The molecule has 4 nitrogen and oxygen atoms in total. The highest BCUT2D eigenvalue weighted by Gasteiger charge is 2.02. The van der Waals surface area contributed by atoms with Crippen LogP contribution in [-0.4, -0.2) is 5.78 Å². The molecule has 0 aliphatic heterocycles. The topological polar surface area (TPSA) is 76.7 Å². The number of nitrogens with one attached hydrogen (secondary N) is 1. The van der Waals surface area contributed by atoms with Crippen LogP contribution in [0.4, 0.5) is 5.69 Å². The minimum atomic E-state index is 0.0123. The molecule has 0 fully saturated rings. The second kappa shape index (κ2) is 6.88. The van der Waals surface area contributed by atoms with Gasteiger partial charge < -0.3 is 5.32 Å². The second-order valence-corrected chi connectivity index (χ2v) is 4.64. The standard InChI is InChI=1S/C18H13N3O/c1-13(22)16-3-2-4-17(9-16)15-5-7-18(8-6-15)21-12-14(10-19)11-20/h2-9,12,21H,1H3. The molecule has 0 saturated heterocycles. The third kappa shape index (κ3) is 3.59. The molecule has 4 heteroatoms. The predicted molar refractivity (Wildman–Crippen MR) is 84.8 cm³/mol. The first-order chi connectivity index (χ1) is 10.6. The van der Waals surface area contributed by atoms with E-state index in [2.05, 4.69) is 5.32 Å². The molecule has 0 aliphatic rings. The zero-order valence-corrected chi connectivity index (χ0v) is 12.0. The number of carbonyl (C=O) groups excluding carboxylic acids is 1. The van der Waals surface area contributed by atoms with Gasteiger partial charge in [0, 0.05) is 17.5 Å². The molecule has 0 amide bonds. The lowest BCUT2D eigenvalue weighted by Gasteiger charge is -2.06. The number of nitriles is 2. The second-order valence-electron chi connectivity index (χ2n) is 4.64. The van der Waals surface area contributed by atoms with Crippen LogP contribution >= 0.6 is 0 Å². The van der Waals surface area contributed by atoms with Crippen LogP contribution in [-0.2, 0) is 0 Å². The van der Waals surface area contributed by atoms with Gasteiger partial charge in [0.2, 0.25) is 0 Å². The van der Waals surface area contributed by atoms with Crippen molar-refractivity contribution >= 4 is 11.5 Å². The van der Waals surface area contributed by atoms with Crippen LogP contribution in [0, 0.1) is 22.7 Å². The molecule has 2 aromatic rings. The molecule has 0 unspecified atom stereocenters. The number of benzene rings is 2.